The maximum absolute atomic E-state index is 5.15. The van der Waals surface area contributed by atoms with Crippen LogP contribution in [0.5, 0.6) is 0 Å². The fourth-order valence-electron chi connectivity index (χ4n) is 0.821. The Labute approximate surface area is 85.8 Å². The maximum atomic E-state index is 5.15. The van der Waals surface area contributed by atoms with Gasteiger partial charge in [0.05, 0.1) is 4.83 Å². The average molecular weight is 249 g/mol. The normalized spacial score (nSPS) is 13.2. The molecule has 1 aromatic heterocycles. The van der Waals surface area contributed by atoms with Crippen molar-refractivity contribution in [3.8, 4) is 0 Å². The van der Waals surface area contributed by atoms with E-state index in [1.165, 1.54) is 0 Å². The minimum absolute atomic E-state index is 0.148. The molecule has 1 atom stereocenters. The summed E-state index contributed by atoms with van der Waals surface area (Å²) in [5.74, 6) is 1.23. The topological polar surface area (TPSA) is 48.2 Å². The second-order valence-corrected chi connectivity index (χ2v) is 3.67. The summed E-state index contributed by atoms with van der Waals surface area (Å²) in [5, 5.41) is 3.78. The molecule has 0 N–H and O–H groups in total. The molecule has 4 nitrogen and oxygen atoms in total. The van der Waals surface area contributed by atoms with E-state index in [2.05, 4.69) is 26.1 Å². The van der Waals surface area contributed by atoms with Gasteiger partial charge < -0.3 is 9.26 Å². The van der Waals surface area contributed by atoms with E-state index < -0.39 is 0 Å². The summed E-state index contributed by atoms with van der Waals surface area (Å²) in [6.45, 7) is 5.06. The number of nitrogens with zero attached hydrogens (tertiary/aromatic N) is 2. The zero-order valence-corrected chi connectivity index (χ0v) is 9.37. The highest BCUT2D eigenvalue weighted by Gasteiger charge is 2.13. The van der Waals surface area contributed by atoms with Gasteiger partial charge in [0.25, 0.3) is 0 Å². The van der Waals surface area contributed by atoms with E-state index in [9.17, 15) is 0 Å². The molecule has 0 bridgehead atoms. The highest BCUT2D eigenvalue weighted by Crippen LogP contribution is 2.23. The summed E-state index contributed by atoms with van der Waals surface area (Å²) < 4.78 is 10.2. The smallest absolute Gasteiger partial charge is 0.240 e. The molecule has 1 rings (SSSR count). The number of alkyl halides is 1. The molecule has 0 aromatic carbocycles. The molecule has 0 spiro atoms. The first-order valence-corrected chi connectivity index (χ1v) is 5.23. The fraction of sp³-hybridized carbons (Fsp3) is 0.750. The van der Waals surface area contributed by atoms with Gasteiger partial charge in [-0.1, -0.05) is 28.0 Å². The lowest BCUT2D eigenvalue weighted by molar-refractivity contribution is 0.126. The van der Waals surface area contributed by atoms with Gasteiger partial charge in [-0.05, 0) is 13.3 Å². The summed E-state index contributed by atoms with van der Waals surface area (Å²) in [4.78, 5) is 4.32. The van der Waals surface area contributed by atoms with Crippen LogP contribution in [0.4, 0.5) is 0 Å². The molecule has 1 unspecified atom stereocenters. The van der Waals surface area contributed by atoms with Gasteiger partial charge >= 0.3 is 0 Å². The summed E-state index contributed by atoms with van der Waals surface area (Å²) >= 11 is 3.43. The van der Waals surface area contributed by atoms with Gasteiger partial charge in [0.1, 0.15) is 6.61 Å². The Morgan fingerprint density at radius 2 is 2.31 bits per heavy atom. The van der Waals surface area contributed by atoms with Crippen molar-refractivity contribution in [2.75, 3.05) is 6.61 Å². The Morgan fingerprint density at radius 3 is 2.92 bits per heavy atom. The van der Waals surface area contributed by atoms with Gasteiger partial charge in [-0.3, -0.25) is 0 Å². The first-order chi connectivity index (χ1) is 6.27. The second-order valence-electron chi connectivity index (χ2n) is 2.56. The Balaban J connectivity index is 2.53. The molecular formula is C8H13BrN2O2. The molecular weight excluding hydrogens is 236 g/mol. The van der Waals surface area contributed by atoms with Crippen LogP contribution in [-0.2, 0) is 11.3 Å². The Hall–Kier alpha value is -0.420. The van der Waals surface area contributed by atoms with Crippen molar-refractivity contribution < 1.29 is 9.26 Å². The Bertz CT molecular complexity index is 252. The van der Waals surface area contributed by atoms with Crippen LogP contribution in [0.15, 0.2) is 4.52 Å². The lowest BCUT2D eigenvalue weighted by atomic mass is 10.3. The third kappa shape index (κ3) is 3.08. The molecule has 0 radical (unpaired) electrons. The molecule has 0 fully saturated rings. The van der Waals surface area contributed by atoms with Crippen molar-refractivity contribution in [3.05, 3.63) is 11.7 Å². The molecule has 0 saturated heterocycles. The number of rotatable bonds is 5. The summed E-state index contributed by atoms with van der Waals surface area (Å²) in [6.07, 6.45) is 0.927. The summed E-state index contributed by atoms with van der Waals surface area (Å²) in [6, 6.07) is 0. The van der Waals surface area contributed by atoms with Gasteiger partial charge in [0, 0.05) is 6.61 Å². The standard InChI is InChI=1S/C8H13BrN2O2/c1-3-6(9)8-10-7(11-13-8)5-12-4-2/h6H,3-5H2,1-2H3. The van der Waals surface area contributed by atoms with Crippen LogP contribution in [0.3, 0.4) is 0 Å². The Kier molecular flexibility index (Phi) is 4.38. The van der Waals surface area contributed by atoms with Crippen molar-refractivity contribution in [1.29, 1.82) is 0 Å². The SMILES string of the molecule is CCOCc1noc(C(Br)CC)n1. The van der Waals surface area contributed by atoms with E-state index in [4.69, 9.17) is 9.26 Å². The molecule has 5 heteroatoms. The molecule has 0 aliphatic rings. The van der Waals surface area contributed by atoms with E-state index in [1.54, 1.807) is 0 Å². The number of hydrogen-bond acceptors (Lipinski definition) is 4. The molecule has 0 amide bonds. The molecule has 74 valence electrons. The molecule has 0 saturated carbocycles. The van der Waals surface area contributed by atoms with E-state index in [1.807, 2.05) is 13.8 Å². The minimum Gasteiger partial charge on any atom is -0.374 e. The van der Waals surface area contributed by atoms with Gasteiger partial charge in [-0.25, -0.2) is 0 Å². The lowest BCUT2D eigenvalue weighted by Gasteiger charge is -1.96. The van der Waals surface area contributed by atoms with Crippen LogP contribution >= 0.6 is 15.9 Å². The van der Waals surface area contributed by atoms with Crippen LogP contribution in [-0.4, -0.2) is 16.7 Å². The quantitative estimate of drug-likeness (QED) is 0.752. The first kappa shape index (κ1) is 10.7. The van der Waals surface area contributed by atoms with Gasteiger partial charge in [-0.2, -0.15) is 4.98 Å². The zero-order chi connectivity index (χ0) is 9.68. The third-order valence-corrected chi connectivity index (χ3v) is 2.58. The zero-order valence-electron chi connectivity index (χ0n) is 7.79. The lowest BCUT2D eigenvalue weighted by Crippen LogP contribution is -1.94. The second kappa shape index (κ2) is 5.34. The summed E-state index contributed by atoms with van der Waals surface area (Å²) in [5.41, 5.74) is 0. The van der Waals surface area contributed by atoms with Crippen molar-refractivity contribution in [2.24, 2.45) is 0 Å². The van der Waals surface area contributed by atoms with E-state index in [-0.39, 0.29) is 4.83 Å². The van der Waals surface area contributed by atoms with Crippen molar-refractivity contribution >= 4 is 15.9 Å². The van der Waals surface area contributed by atoms with Gasteiger partial charge in [-0.15, -0.1) is 0 Å². The molecule has 13 heavy (non-hydrogen) atoms. The van der Waals surface area contributed by atoms with Crippen molar-refractivity contribution in [2.45, 2.75) is 31.7 Å². The average Bonchev–Trinajstić information content (AvgIpc) is 2.62. The molecule has 1 aromatic rings. The minimum atomic E-state index is 0.148. The van der Waals surface area contributed by atoms with E-state index in [0.717, 1.165) is 6.42 Å². The number of aromatic nitrogens is 2. The van der Waals surface area contributed by atoms with Crippen LogP contribution in [0.2, 0.25) is 0 Å². The van der Waals surface area contributed by atoms with Gasteiger partial charge in [0.2, 0.25) is 5.89 Å². The number of hydrogen-bond donors (Lipinski definition) is 0. The van der Waals surface area contributed by atoms with E-state index >= 15 is 0 Å². The monoisotopic (exact) mass is 248 g/mol. The van der Waals surface area contributed by atoms with Crippen LogP contribution < -0.4 is 0 Å². The highest BCUT2D eigenvalue weighted by molar-refractivity contribution is 9.09. The molecule has 0 aliphatic carbocycles. The fourth-order valence-corrected chi connectivity index (χ4v) is 1.01. The van der Waals surface area contributed by atoms with Crippen molar-refractivity contribution in [3.63, 3.8) is 0 Å². The predicted octanol–water partition coefficient (Wildman–Crippen LogP) is 2.45. The van der Waals surface area contributed by atoms with Crippen molar-refractivity contribution in [1.82, 2.24) is 10.1 Å². The largest absolute Gasteiger partial charge is 0.374 e. The van der Waals surface area contributed by atoms with Gasteiger partial charge in [0.15, 0.2) is 5.82 Å². The molecule has 0 aliphatic heterocycles. The van der Waals surface area contributed by atoms with E-state index in [0.29, 0.717) is 24.9 Å². The maximum Gasteiger partial charge on any atom is 0.240 e. The highest BCUT2D eigenvalue weighted by atomic mass is 79.9. The first-order valence-electron chi connectivity index (χ1n) is 4.32. The number of halogens is 1. The molecule has 1 heterocycles. The van der Waals surface area contributed by atoms with Crippen LogP contribution in [0.25, 0.3) is 0 Å². The third-order valence-electron chi connectivity index (χ3n) is 1.55. The van der Waals surface area contributed by atoms with Crippen LogP contribution in [0.1, 0.15) is 36.8 Å². The Morgan fingerprint density at radius 1 is 1.54 bits per heavy atom. The van der Waals surface area contributed by atoms with Crippen LogP contribution in [0, 0.1) is 0 Å². The number of ether oxygens (including phenoxy) is 1. The summed E-state index contributed by atoms with van der Waals surface area (Å²) in [7, 11) is 0. The predicted molar refractivity (Wildman–Crippen MR) is 51.6 cm³/mol.